The molecular weight excluding hydrogens is 258 g/mol. The van der Waals surface area contributed by atoms with Gasteiger partial charge in [-0.2, -0.15) is 0 Å². The number of carbonyl (C=O) groups is 1. The molecular formula is C11H20ClN3OS. The molecule has 0 bridgehead atoms. The molecule has 1 heterocycles. The molecule has 1 amide bonds. The van der Waals surface area contributed by atoms with Gasteiger partial charge in [0.2, 0.25) is 0 Å². The van der Waals surface area contributed by atoms with Crippen molar-refractivity contribution in [3.63, 3.8) is 0 Å². The summed E-state index contributed by atoms with van der Waals surface area (Å²) in [6.45, 7) is 8.45. The van der Waals surface area contributed by atoms with Gasteiger partial charge in [0.25, 0.3) is 5.91 Å². The SMILES string of the molecule is Cc1ncsc1C(=O)NC(CN)C(C)(C)C.Cl. The predicted molar refractivity (Wildman–Crippen MR) is 73.9 cm³/mol. The van der Waals surface area contributed by atoms with E-state index in [-0.39, 0.29) is 29.8 Å². The second-order valence-corrected chi connectivity index (χ2v) is 5.75. The number of hydrogen-bond donors (Lipinski definition) is 2. The maximum atomic E-state index is 11.9. The summed E-state index contributed by atoms with van der Waals surface area (Å²) in [5, 5.41) is 2.96. The summed E-state index contributed by atoms with van der Waals surface area (Å²) >= 11 is 1.36. The van der Waals surface area contributed by atoms with E-state index in [9.17, 15) is 4.79 Å². The summed E-state index contributed by atoms with van der Waals surface area (Å²) in [5.41, 5.74) is 8.08. The lowest BCUT2D eigenvalue weighted by Gasteiger charge is -2.30. The number of thiazole rings is 1. The summed E-state index contributed by atoms with van der Waals surface area (Å²) < 4.78 is 0. The lowest BCUT2D eigenvalue weighted by atomic mass is 9.87. The van der Waals surface area contributed by atoms with Crippen molar-refractivity contribution in [1.29, 1.82) is 0 Å². The fraction of sp³-hybridized carbons (Fsp3) is 0.636. The van der Waals surface area contributed by atoms with Gasteiger partial charge < -0.3 is 11.1 Å². The van der Waals surface area contributed by atoms with Crippen LogP contribution in [-0.4, -0.2) is 23.5 Å². The molecule has 0 aromatic carbocycles. The van der Waals surface area contributed by atoms with E-state index >= 15 is 0 Å². The smallest absolute Gasteiger partial charge is 0.263 e. The summed E-state index contributed by atoms with van der Waals surface area (Å²) in [6, 6.07) is -0.0264. The number of amides is 1. The average molecular weight is 278 g/mol. The van der Waals surface area contributed by atoms with Crippen LogP contribution in [0.3, 0.4) is 0 Å². The van der Waals surface area contributed by atoms with E-state index in [4.69, 9.17) is 5.73 Å². The Balaban J connectivity index is 0.00000256. The monoisotopic (exact) mass is 277 g/mol. The Morgan fingerprint density at radius 3 is 2.53 bits per heavy atom. The summed E-state index contributed by atoms with van der Waals surface area (Å²) in [7, 11) is 0. The molecule has 0 saturated heterocycles. The standard InChI is InChI=1S/C11H19N3OS.ClH/c1-7-9(16-6-13-7)10(15)14-8(5-12)11(2,3)4;/h6,8H,5,12H2,1-4H3,(H,14,15);1H. The highest BCUT2D eigenvalue weighted by atomic mass is 35.5. The number of nitrogens with zero attached hydrogens (tertiary/aromatic N) is 1. The van der Waals surface area contributed by atoms with Gasteiger partial charge in [-0.1, -0.05) is 20.8 Å². The summed E-state index contributed by atoms with van der Waals surface area (Å²) in [5.74, 6) is -0.0784. The van der Waals surface area contributed by atoms with Crippen molar-refractivity contribution >= 4 is 29.7 Å². The molecule has 4 nitrogen and oxygen atoms in total. The Morgan fingerprint density at radius 1 is 1.59 bits per heavy atom. The van der Waals surface area contributed by atoms with Crippen LogP contribution in [0.1, 0.15) is 36.1 Å². The highest BCUT2D eigenvalue weighted by Gasteiger charge is 2.26. The van der Waals surface area contributed by atoms with Crippen LogP contribution in [0.2, 0.25) is 0 Å². The van der Waals surface area contributed by atoms with Crippen LogP contribution in [-0.2, 0) is 0 Å². The van der Waals surface area contributed by atoms with Crippen LogP contribution < -0.4 is 11.1 Å². The van der Waals surface area contributed by atoms with Crippen molar-refractivity contribution in [2.24, 2.45) is 11.1 Å². The first-order valence-electron chi connectivity index (χ1n) is 5.27. The predicted octanol–water partition coefficient (Wildman–Crippen LogP) is 1.98. The van der Waals surface area contributed by atoms with Gasteiger partial charge >= 0.3 is 0 Å². The molecule has 1 atom stereocenters. The number of nitrogens with two attached hydrogens (primary N) is 1. The van der Waals surface area contributed by atoms with Crippen LogP contribution in [0.4, 0.5) is 0 Å². The average Bonchev–Trinajstić information content (AvgIpc) is 2.58. The fourth-order valence-electron chi connectivity index (χ4n) is 1.37. The molecule has 0 aliphatic rings. The minimum atomic E-state index is -0.0784. The van der Waals surface area contributed by atoms with Gasteiger partial charge in [0.15, 0.2) is 0 Å². The van der Waals surface area contributed by atoms with E-state index in [0.717, 1.165) is 5.69 Å². The lowest BCUT2D eigenvalue weighted by Crippen LogP contribution is -2.48. The van der Waals surface area contributed by atoms with Gasteiger partial charge in [-0.05, 0) is 12.3 Å². The number of nitrogens with one attached hydrogen (secondary N) is 1. The molecule has 0 aliphatic carbocycles. The number of aromatic nitrogens is 1. The third-order valence-electron chi connectivity index (χ3n) is 2.54. The number of halogens is 1. The van der Waals surface area contributed by atoms with Crippen LogP contribution in [0.5, 0.6) is 0 Å². The first-order chi connectivity index (χ1) is 7.36. The highest BCUT2D eigenvalue weighted by Crippen LogP contribution is 2.20. The van der Waals surface area contributed by atoms with Crippen molar-refractivity contribution < 1.29 is 4.79 Å². The Hall–Kier alpha value is -0.650. The Labute approximate surface area is 112 Å². The van der Waals surface area contributed by atoms with Crippen molar-refractivity contribution in [1.82, 2.24) is 10.3 Å². The number of aryl methyl sites for hydroxylation is 1. The van der Waals surface area contributed by atoms with Gasteiger partial charge in [0.05, 0.1) is 11.2 Å². The minimum absolute atomic E-state index is 0. The third-order valence-corrected chi connectivity index (χ3v) is 3.47. The maximum Gasteiger partial charge on any atom is 0.263 e. The lowest BCUT2D eigenvalue weighted by molar-refractivity contribution is 0.0909. The van der Waals surface area contributed by atoms with Crippen molar-refractivity contribution in [3.05, 3.63) is 16.1 Å². The van der Waals surface area contributed by atoms with Crippen molar-refractivity contribution in [2.45, 2.75) is 33.7 Å². The third kappa shape index (κ3) is 4.26. The minimum Gasteiger partial charge on any atom is -0.347 e. The first-order valence-corrected chi connectivity index (χ1v) is 6.15. The molecule has 1 aromatic rings. The van der Waals surface area contributed by atoms with Crippen molar-refractivity contribution in [2.75, 3.05) is 6.54 Å². The molecule has 98 valence electrons. The second-order valence-electron chi connectivity index (χ2n) is 4.89. The second kappa shape index (κ2) is 6.33. The summed E-state index contributed by atoms with van der Waals surface area (Å²) in [6.07, 6.45) is 0. The van der Waals surface area contributed by atoms with E-state index in [0.29, 0.717) is 11.4 Å². The Kier molecular flexibility index (Phi) is 6.09. The van der Waals surface area contributed by atoms with Gasteiger partial charge in [-0.3, -0.25) is 4.79 Å². The number of rotatable bonds is 3. The van der Waals surface area contributed by atoms with Crippen LogP contribution in [0.25, 0.3) is 0 Å². The zero-order valence-corrected chi connectivity index (χ0v) is 12.2. The molecule has 1 aromatic heterocycles. The van der Waals surface area contributed by atoms with E-state index < -0.39 is 0 Å². The highest BCUT2D eigenvalue weighted by molar-refractivity contribution is 7.11. The molecule has 3 N–H and O–H groups in total. The quantitative estimate of drug-likeness (QED) is 0.888. The van der Waals surface area contributed by atoms with Gasteiger partial charge in [0, 0.05) is 12.6 Å². The molecule has 0 radical (unpaired) electrons. The van der Waals surface area contributed by atoms with E-state index in [2.05, 4.69) is 31.1 Å². The Morgan fingerprint density at radius 2 is 2.18 bits per heavy atom. The first kappa shape index (κ1) is 16.4. The van der Waals surface area contributed by atoms with Gasteiger partial charge in [0.1, 0.15) is 4.88 Å². The maximum absolute atomic E-state index is 11.9. The number of hydrogen-bond acceptors (Lipinski definition) is 4. The van der Waals surface area contributed by atoms with Crippen molar-refractivity contribution in [3.8, 4) is 0 Å². The zero-order chi connectivity index (χ0) is 12.3. The van der Waals surface area contributed by atoms with E-state index in [1.807, 2.05) is 6.92 Å². The fourth-order valence-corrected chi connectivity index (χ4v) is 2.08. The molecule has 6 heteroatoms. The molecule has 0 fully saturated rings. The molecule has 1 unspecified atom stereocenters. The van der Waals surface area contributed by atoms with Crippen LogP contribution >= 0.6 is 23.7 Å². The molecule has 0 saturated carbocycles. The Bertz CT molecular complexity index is 373. The van der Waals surface area contributed by atoms with Gasteiger partial charge in [-0.15, -0.1) is 23.7 Å². The molecule has 0 aliphatic heterocycles. The van der Waals surface area contributed by atoms with E-state index in [1.165, 1.54) is 11.3 Å². The topological polar surface area (TPSA) is 68.0 Å². The molecule has 17 heavy (non-hydrogen) atoms. The normalized spacial score (nSPS) is 12.8. The summed E-state index contributed by atoms with van der Waals surface area (Å²) in [4.78, 5) is 16.7. The van der Waals surface area contributed by atoms with E-state index in [1.54, 1.807) is 5.51 Å². The number of carbonyl (C=O) groups excluding carboxylic acids is 1. The van der Waals surface area contributed by atoms with Crippen LogP contribution in [0, 0.1) is 12.3 Å². The molecule has 1 rings (SSSR count). The van der Waals surface area contributed by atoms with Crippen LogP contribution in [0.15, 0.2) is 5.51 Å². The van der Waals surface area contributed by atoms with Gasteiger partial charge in [-0.25, -0.2) is 4.98 Å². The largest absolute Gasteiger partial charge is 0.347 e. The molecule has 0 spiro atoms. The zero-order valence-electron chi connectivity index (χ0n) is 10.6.